The van der Waals surface area contributed by atoms with Gasteiger partial charge in [0.25, 0.3) is 0 Å². The Morgan fingerprint density at radius 2 is 1.76 bits per heavy atom. The molecule has 0 aliphatic carbocycles. The summed E-state index contributed by atoms with van der Waals surface area (Å²) in [6, 6.07) is 9.80. The van der Waals surface area contributed by atoms with Crippen molar-refractivity contribution in [2.24, 2.45) is 0 Å². The van der Waals surface area contributed by atoms with Crippen molar-refractivity contribution in [2.75, 3.05) is 24.3 Å². The predicted octanol–water partition coefficient (Wildman–Crippen LogP) is 3.49. The topological polar surface area (TPSA) is 53.9 Å². The first-order valence-electron chi connectivity index (χ1n) is 6.44. The Bertz CT molecular complexity index is 771. The molecule has 21 heavy (non-hydrogen) atoms. The van der Waals surface area contributed by atoms with E-state index >= 15 is 0 Å². The van der Waals surface area contributed by atoms with Crippen LogP contribution in [-0.4, -0.2) is 29.0 Å². The lowest BCUT2D eigenvalue weighted by atomic mass is 10.2. The molecule has 3 rings (SSSR count). The van der Waals surface area contributed by atoms with Crippen molar-refractivity contribution in [2.45, 2.75) is 0 Å². The molecule has 2 aromatic heterocycles. The van der Waals surface area contributed by atoms with Gasteiger partial charge in [-0.05, 0) is 30.3 Å². The summed E-state index contributed by atoms with van der Waals surface area (Å²) in [6.45, 7) is 0. The molecule has 3 aromatic rings. The van der Waals surface area contributed by atoms with Crippen molar-refractivity contribution < 1.29 is 0 Å². The number of nitrogens with zero attached hydrogens (tertiary/aromatic N) is 4. The number of aromatic nitrogens is 3. The maximum atomic E-state index is 5.93. The van der Waals surface area contributed by atoms with E-state index in [0.29, 0.717) is 22.0 Å². The minimum Gasteiger partial charge on any atom is -0.378 e. The third-order valence-electron chi connectivity index (χ3n) is 3.04. The highest BCUT2D eigenvalue weighted by Crippen LogP contribution is 2.20. The quantitative estimate of drug-likeness (QED) is 0.802. The average Bonchev–Trinajstić information content (AvgIpc) is 2.47. The smallest absolute Gasteiger partial charge is 0.227 e. The highest BCUT2D eigenvalue weighted by Gasteiger charge is 2.03. The molecule has 1 aromatic carbocycles. The summed E-state index contributed by atoms with van der Waals surface area (Å²) >= 11 is 5.93. The highest BCUT2D eigenvalue weighted by atomic mass is 35.5. The molecule has 0 radical (unpaired) electrons. The van der Waals surface area contributed by atoms with Gasteiger partial charge in [-0.2, -0.15) is 0 Å². The summed E-state index contributed by atoms with van der Waals surface area (Å²) in [6.07, 6.45) is 3.26. The Hall–Kier alpha value is -2.40. The normalized spacial score (nSPS) is 10.6. The number of nitrogens with one attached hydrogen (secondary N) is 1. The minimum atomic E-state index is 0.518. The molecule has 106 valence electrons. The van der Waals surface area contributed by atoms with Crippen LogP contribution in [0.2, 0.25) is 5.02 Å². The molecule has 0 saturated carbocycles. The number of anilines is 3. The molecule has 0 aliphatic heterocycles. The van der Waals surface area contributed by atoms with Crippen molar-refractivity contribution in [3.05, 3.63) is 47.7 Å². The SMILES string of the molecule is CN(C)c1ccc(Nc2ncc3ncc(Cl)cc3n2)cc1. The van der Waals surface area contributed by atoms with Crippen molar-refractivity contribution in [3.63, 3.8) is 0 Å². The maximum absolute atomic E-state index is 5.93. The van der Waals surface area contributed by atoms with Crippen molar-refractivity contribution >= 4 is 40.0 Å². The number of halogens is 1. The molecule has 0 fully saturated rings. The van der Waals surface area contributed by atoms with Crippen molar-refractivity contribution in [1.82, 2.24) is 15.0 Å². The number of fused-ring (bicyclic) bond motifs is 1. The van der Waals surface area contributed by atoms with E-state index in [0.717, 1.165) is 11.4 Å². The number of hydrogen-bond donors (Lipinski definition) is 1. The van der Waals surface area contributed by atoms with Crippen LogP contribution in [0.5, 0.6) is 0 Å². The zero-order valence-corrected chi connectivity index (χ0v) is 12.5. The van der Waals surface area contributed by atoms with Gasteiger partial charge in [-0.25, -0.2) is 9.97 Å². The maximum Gasteiger partial charge on any atom is 0.227 e. The molecule has 0 saturated heterocycles. The molecule has 2 heterocycles. The summed E-state index contributed by atoms with van der Waals surface area (Å²) in [7, 11) is 4.01. The molecule has 0 bridgehead atoms. The fourth-order valence-corrected chi connectivity index (χ4v) is 2.08. The molecule has 0 aliphatic rings. The Kier molecular flexibility index (Phi) is 3.58. The van der Waals surface area contributed by atoms with Crippen LogP contribution < -0.4 is 10.2 Å². The van der Waals surface area contributed by atoms with E-state index in [4.69, 9.17) is 11.6 Å². The van der Waals surface area contributed by atoms with Crippen LogP contribution in [0.1, 0.15) is 0 Å². The summed E-state index contributed by atoms with van der Waals surface area (Å²) < 4.78 is 0. The first-order chi connectivity index (χ1) is 10.1. The van der Waals surface area contributed by atoms with E-state index in [9.17, 15) is 0 Å². The molecule has 0 unspecified atom stereocenters. The van der Waals surface area contributed by atoms with Gasteiger partial charge in [-0.15, -0.1) is 0 Å². The van der Waals surface area contributed by atoms with E-state index in [2.05, 4.69) is 20.3 Å². The molecular weight excluding hydrogens is 286 g/mol. The second-order valence-corrected chi connectivity index (χ2v) is 5.25. The lowest BCUT2D eigenvalue weighted by Crippen LogP contribution is -2.08. The second kappa shape index (κ2) is 5.54. The van der Waals surface area contributed by atoms with Gasteiger partial charge in [0.2, 0.25) is 5.95 Å². The van der Waals surface area contributed by atoms with Crippen LogP contribution in [0.25, 0.3) is 11.0 Å². The number of pyridine rings is 1. The van der Waals surface area contributed by atoms with Gasteiger partial charge < -0.3 is 10.2 Å². The fourth-order valence-electron chi connectivity index (χ4n) is 1.93. The minimum absolute atomic E-state index is 0.518. The molecule has 5 nitrogen and oxygen atoms in total. The van der Waals surface area contributed by atoms with Crippen molar-refractivity contribution in [1.29, 1.82) is 0 Å². The van der Waals surface area contributed by atoms with Crippen LogP contribution in [0.3, 0.4) is 0 Å². The van der Waals surface area contributed by atoms with Gasteiger partial charge >= 0.3 is 0 Å². The Morgan fingerprint density at radius 3 is 2.48 bits per heavy atom. The van der Waals surface area contributed by atoms with E-state index in [1.807, 2.05) is 43.3 Å². The molecule has 0 spiro atoms. The largest absolute Gasteiger partial charge is 0.378 e. The monoisotopic (exact) mass is 299 g/mol. The Morgan fingerprint density at radius 1 is 1.00 bits per heavy atom. The summed E-state index contributed by atoms with van der Waals surface area (Å²) in [4.78, 5) is 14.9. The third kappa shape index (κ3) is 3.03. The van der Waals surface area contributed by atoms with Gasteiger partial charge in [-0.3, -0.25) is 4.98 Å². The van der Waals surface area contributed by atoms with Crippen LogP contribution in [0.4, 0.5) is 17.3 Å². The summed E-state index contributed by atoms with van der Waals surface area (Å²) in [5.74, 6) is 0.518. The van der Waals surface area contributed by atoms with Gasteiger partial charge in [0.1, 0.15) is 5.52 Å². The zero-order chi connectivity index (χ0) is 14.8. The molecule has 1 N–H and O–H groups in total. The van der Waals surface area contributed by atoms with Crippen LogP contribution in [0.15, 0.2) is 42.7 Å². The lowest BCUT2D eigenvalue weighted by Gasteiger charge is -2.13. The Labute approximate surface area is 127 Å². The average molecular weight is 300 g/mol. The zero-order valence-electron chi connectivity index (χ0n) is 11.7. The summed E-state index contributed by atoms with van der Waals surface area (Å²) in [5, 5.41) is 3.73. The molecule has 0 amide bonds. The van der Waals surface area contributed by atoms with Gasteiger partial charge in [0.15, 0.2) is 0 Å². The first kappa shape index (κ1) is 13.6. The molecule has 0 atom stereocenters. The standard InChI is InChI=1S/C15H14ClN5/c1-21(2)12-5-3-11(4-6-12)19-15-18-9-14-13(20-15)7-10(16)8-17-14/h3-9H,1-2H3,(H,18,19,20). The highest BCUT2D eigenvalue weighted by molar-refractivity contribution is 6.31. The van der Waals surface area contributed by atoms with Crippen LogP contribution >= 0.6 is 11.6 Å². The first-order valence-corrected chi connectivity index (χ1v) is 6.82. The van der Waals surface area contributed by atoms with Gasteiger partial charge in [0.05, 0.1) is 16.7 Å². The number of hydrogen-bond acceptors (Lipinski definition) is 5. The van der Waals surface area contributed by atoms with Gasteiger partial charge in [-0.1, -0.05) is 11.6 Å². The van der Waals surface area contributed by atoms with E-state index in [1.165, 1.54) is 0 Å². The van der Waals surface area contributed by atoms with E-state index in [1.54, 1.807) is 18.5 Å². The fraction of sp³-hybridized carbons (Fsp3) is 0.133. The Balaban J connectivity index is 1.87. The number of benzene rings is 1. The molecule has 6 heteroatoms. The van der Waals surface area contributed by atoms with Crippen LogP contribution in [0, 0.1) is 0 Å². The molecular formula is C15H14ClN5. The van der Waals surface area contributed by atoms with E-state index < -0.39 is 0 Å². The van der Waals surface area contributed by atoms with E-state index in [-0.39, 0.29) is 0 Å². The second-order valence-electron chi connectivity index (χ2n) is 4.82. The number of rotatable bonds is 3. The summed E-state index contributed by atoms with van der Waals surface area (Å²) in [5.41, 5.74) is 3.49. The van der Waals surface area contributed by atoms with Crippen LogP contribution in [-0.2, 0) is 0 Å². The third-order valence-corrected chi connectivity index (χ3v) is 3.25. The van der Waals surface area contributed by atoms with Crippen molar-refractivity contribution in [3.8, 4) is 0 Å². The van der Waals surface area contributed by atoms with Gasteiger partial charge in [0, 0.05) is 31.7 Å². The lowest BCUT2D eigenvalue weighted by molar-refractivity contribution is 1.13. The predicted molar refractivity (Wildman–Crippen MR) is 86.4 cm³/mol.